The zero-order chi connectivity index (χ0) is 21.9. The largest absolute Gasteiger partial charge is 0.494 e. The van der Waals surface area contributed by atoms with Gasteiger partial charge >= 0.3 is 0 Å². The number of nitrogens with one attached hydrogen (secondary N) is 2. The molecular formula is C23H36N6OS. The maximum Gasteiger partial charge on any atom is 0.191 e. The van der Waals surface area contributed by atoms with Crippen molar-refractivity contribution in [2.45, 2.75) is 70.1 Å². The number of aromatic nitrogens is 3. The Kier molecular flexibility index (Phi) is 9.52. The van der Waals surface area contributed by atoms with Crippen LogP contribution in [0.15, 0.2) is 34.4 Å². The second kappa shape index (κ2) is 12.6. The molecule has 7 nitrogen and oxygen atoms in total. The smallest absolute Gasteiger partial charge is 0.191 e. The van der Waals surface area contributed by atoms with Crippen LogP contribution in [0.25, 0.3) is 0 Å². The van der Waals surface area contributed by atoms with E-state index in [2.05, 4.69) is 44.6 Å². The summed E-state index contributed by atoms with van der Waals surface area (Å²) in [6, 6.07) is 8.66. The number of aryl methyl sites for hydroxylation is 1. The van der Waals surface area contributed by atoms with E-state index in [9.17, 15) is 0 Å². The predicted octanol–water partition coefficient (Wildman–Crippen LogP) is 4.20. The number of nitrogens with zero attached hydrogens (tertiary/aromatic N) is 4. The number of guanidine groups is 1. The Hall–Kier alpha value is -2.22. The third-order valence-electron chi connectivity index (χ3n) is 5.50. The predicted molar refractivity (Wildman–Crippen MR) is 128 cm³/mol. The van der Waals surface area contributed by atoms with Gasteiger partial charge in [-0.1, -0.05) is 42.8 Å². The van der Waals surface area contributed by atoms with Crippen LogP contribution in [0, 0.1) is 0 Å². The average molecular weight is 445 g/mol. The van der Waals surface area contributed by atoms with Gasteiger partial charge in [0.05, 0.1) is 13.2 Å². The van der Waals surface area contributed by atoms with E-state index in [4.69, 9.17) is 9.73 Å². The minimum absolute atomic E-state index is 0.574. The molecule has 3 rings (SSSR count). The van der Waals surface area contributed by atoms with Crippen molar-refractivity contribution in [1.82, 2.24) is 25.4 Å². The second-order valence-corrected chi connectivity index (χ2v) is 8.45. The lowest BCUT2D eigenvalue weighted by Gasteiger charge is -2.16. The molecule has 31 heavy (non-hydrogen) atoms. The molecule has 0 atom stereocenters. The fraction of sp³-hybridized carbons (Fsp3) is 0.609. The maximum atomic E-state index is 5.71. The summed E-state index contributed by atoms with van der Waals surface area (Å²) in [5.41, 5.74) is 1.09. The van der Waals surface area contributed by atoms with Gasteiger partial charge in [0.1, 0.15) is 11.6 Å². The van der Waals surface area contributed by atoms with Gasteiger partial charge in [0.2, 0.25) is 0 Å². The third kappa shape index (κ3) is 6.63. The van der Waals surface area contributed by atoms with Crippen molar-refractivity contribution in [3.63, 3.8) is 0 Å². The summed E-state index contributed by atoms with van der Waals surface area (Å²) < 4.78 is 8.10. The van der Waals surface area contributed by atoms with Crippen LogP contribution >= 0.6 is 11.8 Å². The van der Waals surface area contributed by atoms with Crippen LogP contribution in [-0.2, 0) is 13.0 Å². The Bertz CT molecular complexity index is 831. The topological polar surface area (TPSA) is 76.4 Å². The number of thioether (sulfide) groups is 1. The Balaban J connectivity index is 1.54. The fourth-order valence-electron chi connectivity index (χ4n) is 4.04. The highest BCUT2D eigenvalue weighted by Crippen LogP contribution is 2.33. The summed E-state index contributed by atoms with van der Waals surface area (Å²) in [7, 11) is 0. The molecular weight excluding hydrogens is 408 g/mol. The number of aliphatic imine (C=N–C) groups is 1. The van der Waals surface area contributed by atoms with Gasteiger partial charge in [-0.25, -0.2) is 4.99 Å². The number of benzene rings is 1. The van der Waals surface area contributed by atoms with Crippen LogP contribution in [0.4, 0.5) is 0 Å². The molecule has 0 unspecified atom stereocenters. The van der Waals surface area contributed by atoms with Gasteiger partial charge in [0.25, 0.3) is 0 Å². The zero-order valence-electron chi connectivity index (χ0n) is 19.1. The summed E-state index contributed by atoms with van der Waals surface area (Å²) in [5, 5.41) is 16.8. The summed E-state index contributed by atoms with van der Waals surface area (Å²) in [6.07, 6.45) is 9.11. The van der Waals surface area contributed by atoms with Crippen molar-refractivity contribution < 1.29 is 4.74 Å². The number of hydrogen-bond acceptors (Lipinski definition) is 5. The first-order valence-corrected chi connectivity index (χ1v) is 12.7. The van der Waals surface area contributed by atoms with Crippen molar-refractivity contribution in [1.29, 1.82) is 0 Å². The van der Waals surface area contributed by atoms with Gasteiger partial charge < -0.3 is 19.9 Å². The lowest BCUT2D eigenvalue weighted by atomic mass is 10.2. The Labute approximate surface area is 190 Å². The molecule has 0 aliphatic heterocycles. The molecule has 170 valence electrons. The summed E-state index contributed by atoms with van der Waals surface area (Å²) >= 11 is 1.70. The standard InChI is InChI=1S/C23H36N6OS/c1-4-24-22(26-17-18-11-6-9-14-20(18)30-5-2)25-16-10-15-21-27-28-23(31-3)29(21)19-12-7-8-13-19/h6,9,11,14,19H,4-5,7-8,10,12-13,15-17H2,1-3H3,(H2,24,25,26). The molecule has 0 radical (unpaired) electrons. The van der Waals surface area contributed by atoms with Crippen LogP contribution in [0.2, 0.25) is 0 Å². The first kappa shape index (κ1) is 23.4. The molecule has 0 spiro atoms. The van der Waals surface area contributed by atoms with Gasteiger partial charge in [-0.15, -0.1) is 10.2 Å². The Morgan fingerprint density at radius 3 is 2.74 bits per heavy atom. The van der Waals surface area contributed by atoms with Crippen molar-refractivity contribution in [3.05, 3.63) is 35.7 Å². The van der Waals surface area contributed by atoms with Crippen LogP contribution in [0.3, 0.4) is 0 Å². The van der Waals surface area contributed by atoms with Gasteiger partial charge in [-0.3, -0.25) is 0 Å². The van der Waals surface area contributed by atoms with Crippen LogP contribution < -0.4 is 15.4 Å². The van der Waals surface area contributed by atoms with E-state index in [1.807, 2.05) is 25.1 Å². The highest BCUT2D eigenvalue weighted by Gasteiger charge is 2.23. The lowest BCUT2D eigenvalue weighted by molar-refractivity contribution is 0.336. The van der Waals surface area contributed by atoms with Crippen molar-refractivity contribution >= 4 is 17.7 Å². The molecule has 1 aliphatic rings. The molecule has 0 amide bonds. The molecule has 2 aromatic rings. The molecule has 1 heterocycles. The quantitative estimate of drug-likeness (QED) is 0.234. The first-order chi connectivity index (χ1) is 15.3. The summed E-state index contributed by atoms with van der Waals surface area (Å²) in [5.74, 6) is 2.85. The zero-order valence-corrected chi connectivity index (χ0v) is 19.9. The first-order valence-electron chi connectivity index (χ1n) is 11.5. The lowest BCUT2D eigenvalue weighted by Crippen LogP contribution is -2.38. The van der Waals surface area contributed by atoms with E-state index >= 15 is 0 Å². The van der Waals surface area contributed by atoms with Crippen molar-refractivity contribution in [2.75, 3.05) is 26.0 Å². The molecule has 0 saturated heterocycles. The molecule has 1 aromatic carbocycles. The minimum atomic E-state index is 0.574. The van der Waals surface area contributed by atoms with Crippen LogP contribution in [0.5, 0.6) is 5.75 Å². The van der Waals surface area contributed by atoms with E-state index < -0.39 is 0 Å². The maximum absolute atomic E-state index is 5.71. The SMILES string of the molecule is CCNC(=NCc1ccccc1OCC)NCCCc1nnc(SC)n1C1CCCC1. The van der Waals surface area contributed by atoms with E-state index in [1.54, 1.807) is 11.8 Å². The summed E-state index contributed by atoms with van der Waals surface area (Å²) in [6.45, 7) is 6.99. The van der Waals surface area contributed by atoms with E-state index in [0.717, 1.165) is 54.2 Å². The molecule has 1 fully saturated rings. The van der Waals surface area contributed by atoms with E-state index in [-0.39, 0.29) is 0 Å². The van der Waals surface area contributed by atoms with Gasteiger partial charge in [-0.05, 0) is 45.4 Å². The highest BCUT2D eigenvalue weighted by atomic mass is 32.2. The third-order valence-corrected chi connectivity index (χ3v) is 6.14. The van der Waals surface area contributed by atoms with Gasteiger partial charge in [-0.2, -0.15) is 0 Å². The highest BCUT2D eigenvalue weighted by molar-refractivity contribution is 7.98. The minimum Gasteiger partial charge on any atom is -0.494 e. The number of rotatable bonds is 11. The molecule has 1 saturated carbocycles. The van der Waals surface area contributed by atoms with Crippen molar-refractivity contribution in [3.8, 4) is 5.75 Å². The van der Waals surface area contributed by atoms with Crippen LogP contribution in [0.1, 0.15) is 63.4 Å². The Morgan fingerprint density at radius 1 is 1.19 bits per heavy atom. The van der Waals surface area contributed by atoms with Gasteiger partial charge in [0, 0.05) is 31.1 Å². The van der Waals surface area contributed by atoms with E-state index in [0.29, 0.717) is 19.2 Å². The molecule has 8 heteroatoms. The Morgan fingerprint density at radius 2 is 2.00 bits per heavy atom. The number of ether oxygens (including phenoxy) is 1. The van der Waals surface area contributed by atoms with E-state index in [1.165, 1.54) is 25.7 Å². The van der Waals surface area contributed by atoms with Crippen LogP contribution in [-0.4, -0.2) is 46.7 Å². The summed E-state index contributed by atoms with van der Waals surface area (Å²) in [4.78, 5) is 4.75. The number of hydrogen-bond donors (Lipinski definition) is 2. The second-order valence-electron chi connectivity index (χ2n) is 7.68. The molecule has 1 aromatic heterocycles. The normalized spacial score (nSPS) is 14.7. The average Bonchev–Trinajstić information content (AvgIpc) is 3.45. The molecule has 2 N–H and O–H groups in total. The van der Waals surface area contributed by atoms with Crippen molar-refractivity contribution in [2.24, 2.45) is 4.99 Å². The fourth-order valence-corrected chi connectivity index (χ4v) is 4.61. The molecule has 1 aliphatic carbocycles. The molecule has 0 bridgehead atoms. The number of para-hydroxylation sites is 1. The van der Waals surface area contributed by atoms with Gasteiger partial charge in [0.15, 0.2) is 11.1 Å². The monoisotopic (exact) mass is 444 g/mol.